The van der Waals surface area contributed by atoms with Crippen LogP contribution in [0.1, 0.15) is 25.6 Å². The fourth-order valence-electron chi connectivity index (χ4n) is 0.671. The fourth-order valence-corrected chi connectivity index (χ4v) is 0.781. The van der Waals surface area contributed by atoms with Gasteiger partial charge in [-0.15, -0.1) is 10.2 Å². The van der Waals surface area contributed by atoms with Gasteiger partial charge in [-0.3, -0.25) is 5.10 Å². The third-order valence-corrected chi connectivity index (χ3v) is 1.58. The van der Waals surface area contributed by atoms with Crippen LogP contribution in [0.4, 0.5) is 0 Å². The summed E-state index contributed by atoms with van der Waals surface area (Å²) in [5, 5.41) is 14.7. The molecule has 0 bridgehead atoms. The third kappa shape index (κ3) is 3.38. The first kappa shape index (κ1) is 9.92. The predicted octanol–water partition coefficient (Wildman–Crippen LogP) is 2.10. The molecule has 0 aromatic carbocycles. The van der Waals surface area contributed by atoms with Crippen LogP contribution in [0.25, 0.3) is 0 Å². The standard InChI is InChI=1S/C8H11ClN4/c1-6(2)8-12-10-5-3-4-7(9)11-13-8/h3-6H,1-2H3,(H,12,13). The summed E-state index contributed by atoms with van der Waals surface area (Å²) in [6, 6.07) is 3.32. The first-order valence-electron chi connectivity index (χ1n) is 3.97. The largest absolute Gasteiger partial charge is 0.263 e. The number of H-pyrrole nitrogens is 1. The Labute approximate surface area is 81.7 Å². The Morgan fingerprint density at radius 2 is 2.15 bits per heavy atom. The van der Waals surface area contributed by atoms with Gasteiger partial charge in [0.2, 0.25) is 0 Å². The minimum absolute atomic E-state index is 0.239. The molecule has 0 aliphatic carbocycles. The third-order valence-electron chi connectivity index (χ3n) is 1.37. The molecular formula is C8H11ClN4. The highest BCUT2D eigenvalue weighted by molar-refractivity contribution is 6.29. The highest BCUT2D eigenvalue weighted by Gasteiger charge is 1.97. The van der Waals surface area contributed by atoms with Crippen LogP contribution < -0.4 is 0 Å². The van der Waals surface area contributed by atoms with E-state index in [-0.39, 0.29) is 5.92 Å². The molecule has 0 spiro atoms. The van der Waals surface area contributed by atoms with Crippen LogP contribution in [-0.2, 0) is 0 Å². The molecule has 0 unspecified atom stereocenters. The van der Waals surface area contributed by atoms with Gasteiger partial charge in [-0.2, -0.15) is 5.10 Å². The predicted molar refractivity (Wildman–Crippen MR) is 50.9 cm³/mol. The van der Waals surface area contributed by atoms with Gasteiger partial charge >= 0.3 is 0 Å². The molecule has 1 N–H and O–H groups in total. The van der Waals surface area contributed by atoms with E-state index in [4.69, 9.17) is 11.6 Å². The SMILES string of the molecule is CC(C)c1nnc(Cl)cccn[nH]1. The van der Waals surface area contributed by atoms with Crippen molar-refractivity contribution in [3.8, 4) is 0 Å². The number of aromatic amines is 1. The van der Waals surface area contributed by atoms with E-state index in [1.165, 1.54) is 0 Å². The van der Waals surface area contributed by atoms with Crippen molar-refractivity contribution >= 4 is 11.6 Å². The lowest BCUT2D eigenvalue weighted by atomic mass is 10.2. The van der Waals surface area contributed by atoms with Gasteiger partial charge in [0.25, 0.3) is 0 Å². The smallest absolute Gasteiger partial charge is 0.151 e. The molecule has 1 rings (SSSR count). The van der Waals surface area contributed by atoms with E-state index >= 15 is 0 Å². The average molecular weight is 199 g/mol. The maximum Gasteiger partial charge on any atom is 0.151 e. The van der Waals surface area contributed by atoms with Crippen molar-refractivity contribution in [2.75, 3.05) is 0 Å². The van der Waals surface area contributed by atoms with Gasteiger partial charge in [0.05, 0.1) is 0 Å². The van der Waals surface area contributed by atoms with E-state index in [9.17, 15) is 0 Å². The molecule has 0 saturated carbocycles. The van der Waals surface area contributed by atoms with Crippen molar-refractivity contribution in [3.63, 3.8) is 0 Å². The highest BCUT2D eigenvalue weighted by atomic mass is 35.5. The van der Waals surface area contributed by atoms with Crippen LogP contribution >= 0.6 is 11.6 Å². The molecule has 0 fully saturated rings. The second kappa shape index (κ2) is 4.77. The first-order chi connectivity index (χ1) is 6.20. The zero-order valence-electron chi connectivity index (χ0n) is 7.53. The summed E-state index contributed by atoms with van der Waals surface area (Å²) >= 11 is 5.70. The summed E-state index contributed by atoms with van der Waals surface area (Å²) in [5.41, 5.74) is 0. The second-order valence-corrected chi connectivity index (χ2v) is 3.20. The van der Waals surface area contributed by atoms with Crippen molar-refractivity contribution < 1.29 is 0 Å². The maximum atomic E-state index is 5.70. The Morgan fingerprint density at radius 1 is 1.38 bits per heavy atom. The van der Waals surface area contributed by atoms with Gasteiger partial charge in [-0.1, -0.05) is 25.4 Å². The number of aromatic nitrogens is 4. The topological polar surface area (TPSA) is 54.5 Å². The summed E-state index contributed by atoms with van der Waals surface area (Å²) in [4.78, 5) is 0. The minimum Gasteiger partial charge on any atom is -0.263 e. The summed E-state index contributed by atoms with van der Waals surface area (Å²) in [7, 11) is 0. The number of nitrogens with zero attached hydrogens (tertiary/aromatic N) is 3. The lowest BCUT2D eigenvalue weighted by Gasteiger charge is -1.97. The molecule has 0 amide bonds. The van der Waals surface area contributed by atoms with Gasteiger partial charge in [0, 0.05) is 12.1 Å². The number of hydrogen-bond donors (Lipinski definition) is 1. The van der Waals surface area contributed by atoms with Gasteiger partial charge in [-0.25, -0.2) is 0 Å². The van der Waals surface area contributed by atoms with Crippen LogP contribution in [0.3, 0.4) is 0 Å². The molecule has 5 heteroatoms. The van der Waals surface area contributed by atoms with Crippen molar-refractivity contribution in [3.05, 3.63) is 29.3 Å². The van der Waals surface area contributed by atoms with Gasteiger partial charge in [0.1, 0.15) is 5.82 Å². The fraction of sp³-hybridized carbons (Fsp3) is 0.375. The van der Waals surface area contributed by atoms with E-state index < -0.39 is 0 Å². The molecule has 1 aromatic heterocycles. The Morgan fingerprint density at radius 3 is 2.85 bits per heavy atom. The molecule has 1 aromatic rings. The molecule has 0 radical (unpaired) electrons. The first-order valence-corrected chi connectivity index (χ1v) is 4.34. The van der Waals surface area contributed by atoms with Crippen molar-refractivity contribution in [2.24, 2.45) is 0 Å². The molecule has 70 valence electrons. The monoisotopic (exact) mass is 198 g/mol. The number of halogens is 1. The molecule has 0 aliphatic rings. The molecular weight excluding hydrogens is 188 g/mol. The van der Waals surface area contributed by atoms with E-state index in [1.807, 2.05) is 13.8 Å². The average Bonchev–Trinajstić information content (AvgIpc) is 2.17. The second-order valence-electron chi connectivity index (χ2n) is 2.81. The highest BCUT2D eigenvalue weighted by Crippen LogP contribution is 2.04. The normalized spacial score (nSPS) is 9.85. The maximum absolute atomic E-state index is 5.70. The molecule has 13 heavy (non-hydrogen) atoms. The number of nitrogens with one attached hydrogen (secondary N) is 1. The molecule has 0 saturated heterocycles. The summed E-state index contributed by atoms with van der Waals surface area (Å²) in [6.45, 7) is 3.99. The van der Waals surface area contributed by atoms with E-state index in [0.717, 1.165) is 0 Å². The molecule has 0 aliphatic heterocycles. The van der Waals surface area contributed by atoms with Crippen LogP contribution in [0.15, 0.2) is 18.3 Å². The van der Waals surface area contributed by atoms with Crippen LogP contribution in [0.5, 0.6) is 0 Å². The van der Waals surface area contributed by atoms with E-state index in [2.05, 4.69) is 20.4 Å². The van der Waals surface area contributed by atoms with Gasteiger partial charge < -0.3 is 0 Å². The van der Waals surface area contributed by atoms with E-state index in [1.54, 1.807) is 18.3 Å². The molecule has 1 heterocycles. The zero-order chi connectivity index (χ0) is 9.68. The van der Waals surface area contributed by atoms with Crippen molar-refractivity contribution in [1.82, 2.24) is 20.4 Å². The van der Waals surface area contributed by atoms with E-state index in [0.29, 0.717) is 11.0 Å². The number of rotatable bonds is 1. The number of hydrogen-bond acceptors (Lipinski definition) is 3. The molecule has 0 atom stereocenters. The quantitative estimate of drug-likeness (QED) is 0.752. The van der Waals surface area contributed by atoms with Gasteiger partial charge in [0.15, 0.2) is 5.15 Å². The summed E-state index contributed by atoms with van der Waals surface area (Å²) in [6.07, 6.45) is 1.60. The van der Waals surface area contributed by atoms with Gasteiger partial charge in [-0.05, 0) is 12.1 Å². The Kier molecular flexibility index (Phi) is 3.64. The Hall–Kier alpha value is -1.16. The lowest BCUT2D eigenvalue weighted by molar-refractivity contribution is 0.722. The zero-order valence-corrected chi connectivity index (χ0v) is 8.28. The van der Waals surface area contributed by atoms with Crippen LogP contribution in [-0.4, -0.2) is 20.4 Å². The Balaban J connectivity index is 3.20. The van der Waals surface area contributed by atoms with Crippen molar-refractivity contribution in [2.45, 2.75) is 19.8 Å². The summed E-state index contributed by atoms with van der Waals surface area (Å²) < 4.78 is 0. The minimum atomic E-state index is 0.239. The van der Waals surface area contributed by atoms with Crippen LogP contribution in [0, 0.1) is 0 Å². The Bertz CT molecular complexity index is 320. The van der Waals surface area contributed by atoms with Crippen molar-refractivity contribution in [1.29, 1.82) is 0 Å². The molecule has 4 nitrogen and oxygen atoms in total. The lowest BCUT2D eigenvalue weighted by Crippen LogP contribution is -1.96. The van der Waals surface area contributed by atoms with Crippen LogP contribution in [0.2, 0.25) is 5.15 Å². The summed E-state index contributed by atoms with van der Waals surface area (Å²) in [5.74, 6) is 0.932.